The van der Waals surface area contributed by atoms with Crippen LogP contribution in [0.3, 0.4) is 0 Å². The highest BCUT2D eigenvalue weighted by atomic mass is 35.5. The zero-order valence-electron chi connectivity index (χ0n) is 23.6. The lowest BCUT2D eigenvalue weighted by atomic mass is 10.2. The molecular formula is C27H38ClN5O7. The summed E-state index contributed by atoms with van der Waals surface area (Å²) in [5.74, 6) is -2.37. The van der Waals surface area contributed by atoms with Crippen molar-refractivity contribution in [3.05, 3.63) is 35.5 Å². The molecule has 0 aliphatic rings. The van der Waals surface area contributed by atoms with Crippen molar-refractivity contribution in [3.63, 3.8) is 0 Å². The Morgan fingerprint density at radius 2 is 1.60 bits per heavy atom. The van der Waals surface area contributed by atoms with Gasteiger partial charge in [-0.3, -0.25) is 35.2 Å². The van der Waals surface area contributed by atoms with Crippen LogP contribution in [0.5, 0.6) is 0 Å². The number of aromatic nitrogens is 1. The van der Waals surface area contributed by atoms with Crippen LogP contribution in [0, 0.1) is 0 Å². The van der Waals surface area contributed by atoms with Gasteiger partial charge in [-0.2, -0.15) is 0 Å². The maximum absolute atomic E-state index is 13.4. The number of amides is 1. The van der Waals surface area contributed by atoms with Crippen LogP contribution in [0.2, 0.25) is 5.02 Å². The number of hydrogen-bond acceptors (Lipinski definition) is 11. The Kier molecular flexibility index (Phi) is 13.6. The molecule has 0 spiro atoms. The Bertz CT molecular complexity index is 1150. The SMILES string of the molecule is CCOC(=O)CN(CC(=O)N(CC)Nc1ccnc2cc(Cl)ccc12)CC(C)NC(C(=O)OCC)C(=O)OCC. The smallest absolute Gasteiger partial charge is 0.334 e. The summed E-state index contributed by atoms with van der Waals surface area (Å²) < 4.78 is 15.1. The fraction of sp³-hybridized carbons (Fsp3) is 0.519. The molecule has 220 valence electrons. The van der Waals surface area contributed by atoms with Crippen molar-refractivity contribution >= 4 is 52.0 Å². The first kappa shape index (κ1) is 32.7. The van der Waals surface area contributed by atoms with Gasteiger partial charge in [0.15, 0.2) is 0 Å². The minimum absolute atomic E-state index is 0.0912. The van der Waals surface area contributed by atoms with Gasteiger partial charge in [-0.05, 0) is 58.9 Å². The van der Waals surface area contributed by atoms with Crippen molar-refractivity contribution in [1.29, 1.82) is 0 Å². The van der Waals surface area contributed by atoms with E-state index >= 15 is 0 Å². The normalized spacial score (nSPS) is 11.8. The van der Waals surface area contributed by atoms with Crippen LogP contribution in [-0.2, 0) is 33.4 Å². The van der Waals surface area contributed by atoms with Gasteiger partial charge in [-0.25, -0.2) is 9.59 Å². The first-order chi connectivity index (χ1) is 19.1. The molecule has 2 N–H and O–H groups in total. The number of benzene rings is 1. The van der Waals surface area contributed by atoms with E-state index in [9.17, 15) is 19.2 Å². The molecule has 13 heteroatoms. The van der Waals surface area contributed by atoms with Crippen LogP contribution < -0.4 is 10.7 Å². The average molecular weight is 580 g/mol. The van der Waals surface area contributed by atoms with Gasteiger partial charge in [0.1, 0.15) is 0 Å². The number of rotatable bonds is 16. The zero-order chi connectivity index (χ0) is 29.7. The van der Waals surface area contributed by atoms with Crippen molar-refractivity contribution in [1.82, 2.24) is 20.2 Å². The number of halogens is 1. The summed E-state index contributed by atoms with van der Waals surface area (Å²) in [6.45, 7) is 8.99. The van der Waals surface area contributed by atoms with E-state index in [0.717, 1.165) is 5.39 Å². The van der Waals surface area contributed by atoms with Crippen molar-refractivity contribution in [2.75, 3.05) is 51.4 Å². The number of likely N-dealkylation sites (N-methyl/N-ethyl adjacent to an activating group) is 1. The fourth-order valence-corrected chi connectivity index (χ4v) is 4.11. The van der Waals surface area contributed by atoms with Gasteiger partial charge in [0, 0.05) is 35.7 Å². The quantitative estimate of drug-likeness (QED) is 0.131. The summed E-state index contributed by atoms with van der Waals surface area (Å²) in [6.07, 6.45) is 1.61. The molecule has 1 aromatic carbocycles. The van der Waals surface area contributed by atoms with Gasteiger partial charge >= 0.3 is 17.9 Å². The van der Waals surface area contributed by atoms with Crippen LogP contribution in [0.15, 0.2) is 30.5 Å². The van der Waals surface area contributed by atoms with Crippen LogP contribution in [0.25, 0.3) is 10.9 Å². The molecule has 1 heterocycles. The van der Waals surface area contributed by atoms with E-state index < -0.39 is 30.0 Å². The van der Waals surface area contributed by atoms with Crippen molar-refractivity contribution < 1.29 is 33.4 Å². The number of ether oxygens (including phenoxy) is 3. The molecule has 0 saturated heterocycles. The number of hydrazine groups is 1. The third-order valence-corrected chi connectivity index (χ3v) is 5.86. The molecule has 0 saturated carbocycles. The highest BCUT2D eigenvalue weighted by molar-refractivity contribution is 6.31. The summed E-state index contributed by atoms with van der Waals surface area (Å²) in [5, 5.41) is 5.66. The second kappa shape index (κ2) is 16.6. The highest BCUT2D eigenvalue weighted by Crippen LogP contribution is 2.24. The predicted molar refractivity (Wildman–Crippen MR) is 150 cm³/mol. The van der Waals surface area contributed by atoms with E-state index in [0.29, 0.717) is 22.8 Å². The summed E-state index contributed by atoms with van der Waals surface area (Å²) in [6, 6.07) is 5.17. The Balaban J connectivity index is 2.19. The lowest BCUT2D eigenvalue weighted by Crippen LogP contribution is -2.54. The number of anilines is 1. The maximum Gasteiger partial charge on any atom is 0.334 e. The number of pyridine rings is 1. The summed E-state index contributed by atoms with van der Waals surface area (Å²) >= 11 is 6.09. The second-order valence-corrected chi connectivity index (χ2v) is 9.19. The summed E-state index contributed by atoms with van der Waals surface area (Å²) in [7, 11) is 0. The Morgan fingerprint density at radius 3 is 2.20 bits per heavy atom. The number of hydrogen-bond donors (Lipinski definition) is 2. The van der Waals surface area contributed by atoms with Gasteiger partial charge in [0.05, 0.1) is 44.1 Å². The predicted octanol–water partition coefficient (Wildman–Crippen LogP) is 2.40. The van der Waals surface area contributed by atoms with E-state index in [-0.39, 0.29) is 45.4 Å². The molecule has 0 radical (unpaired) electrons. The van der Waals surface area contributed by atoms with E-state index in [1.165, 1.54) is 5.01 Å². The molecule has 0 aliphatic heterocycles. The molecule has 1 atom stereocenters. The van der Waals surface area contributed by atoms with Gasteiger partial charge in [0.2, 0.25) is 6.04 Å². The van der Waals surface area contributed by atoms with E-state index in [1.807, 2.05) is 13.0 Å². The number of nitrogens with one attached hydrogen (secondary N) is 2. The van der Waals surface area contributed by atoms with Crippen LogP contribution in [-0.4, -0.2) is 96.8 Å². The summed E-state index contributed by atoms with van der Waals surface area (Å²) in [4.78, 5) is 56.4. The van der Waals surface area contributed by atoms with Gasteiger partial charge in [0.25, 0.3) is 5.91 Å². The molecule has 2 rings (SSSR count). The number of nitrogens with zero attached hydrogens (tertiary/aromatic N) is 3. The maximum atomic E-state index is 13.4. The van der Waals surface area contributed by atoms with Crippen LogP contribution in [0.1, 0.15) is 34.6 Å². The Morgan fingerprint density at radius 1 is 0.950 bits per heavy atom. The highest BCUT2D eigenvalue weighted by Gasteiger charge is 2.32. The van der Waals surface area contributed by atoms with Gasteiger partial charge in [-0.15, -0.1) is 0 Å². The minimum atomic E-state index is -1.35. The van der Waals surface area contributed by atoms with Crippen molar-refractivity contribution in [2.45, 2.75) is 46.7 Å². The van der Waals surface area contributed by atoms with Crippen molar-refractivity contribution in [2.24, 2.45) is 0 Å². The van der Waals surface area contributed by atoms with E-state index in [4.69, 9.17) is 25.8 Å². The fourth-order valence-electron chi connectivity index (χ4n) is 3.94. The molecule has 2 aromatic rings. The van der Waals surface area contributed by atoms with Gasteiger partial charge < -0.3 is 14.2 Å². The molecule has 1 unspecified atom stereocenters. The van der Waals surface area contributed by atoms with E-state index in [2.05, 4.69) is 15.7 Å². The number of carbonyl (C=O) groups is 4. The number of fused-ring (bicyclic) bond motifs is 1. The molecule has 12 nitrogen and oxygen atoms in total. The average Bonchev–Trinajstić information content (AvgIpc) is 2.90. The van der Waals surface area contributed by atoms with Crippen LogP contribution >= 0.6 is 11.6 Å². The molecule has 40 heavy (non-hydrogen) atoms. The molecule has 0 aliphatic carbocycles. The minimum Gasteiger partial charge on any atom is -0.465 e. The lowest BCUT2D eigenvalue weighted by molar-refractivity contribution is -0.158. The second-order valence-electron chi connectivity index (χ2n) is 8.75. The summed E-state index contributed by atoms with van der Waals surface area (Å²) in [5.41, 5.74) is 4.47. The Labute approximate surface area is 239 Å². The Hall–Kier alpha value is -3.48. The third-order valence-electron chi connectivity index (χ3n) is 5.62. The molecular weight excluding hydrogens is 542 g/mol. The molecule has 1 aromatic heterocycles. The molecule has 1 amide bonds. The lowest BCUT2D eigenvalue weighted by Gasteiger charge is -2.30. The van der Waals surface area contributed by atoms with Crippen molar-refractivity contribution in [3.8, 4) is 0 Å². The van der Waals surface area contributed by atoms with Gasteiger partial charge in [-0.1, -0.05) is 11.6 Å². The molecule has 0 bridgehead atoms. The first-order valence-electron chi connectivity index (χ1n) is 13.2. The molecule has 0 fully saturated rings. The number of carbonyl (C=O) groups excluding carboxylic acids is 4. The zero-order valence-corrected chi connectivity index (χ0v) is 24.3. The topological polar surface area (TPSA) is 139 Å². The van der Waals surface area contributed by atoms with Crippen LogP contribution in [0.4, 0.5) is 5.69 Å². The third kappa shape index (κ3) is 9.92. The largest absolute Gasteiger partial charge is 0.465 e. The standard InChI is InChI=1S/C27H38ClN5O7/c1-6-33(31-21-12-13-29-22-14-19(28)10-11-20(21)22)23(34)16-32(17-24(35)38-7-2)15-18(5)30-25(26(36)39-8-3)27(37)40-9-4/h10-14,18,25,30H,6-9,15-17H2,1-5H3,(H,29,31). The number of esters is 3. The van der Waals surface area contributed by atoms with E-state index in [1.54, 1.807) is 57.0 Å². The monoisotopic (exact) mass is 579 g/mol. The first-order valence-corrected chi connectivity index (χ1v) is 13.6.